The first kappa shape index (κ1) is 10.5. The average molecular weight is 239 g/mol. The molecule has 0 atom stereocenters. The summed E-state index contributed by atoms with van der Waals surface area (Å²) < 4.78 is 5.45. The Labute approximate surface area is 99.4 Å². The lowest BCUT2D eigenvalue weighted by atomic mass is 10.2. The lowest BCUT2D eigenvalue weighted by Crippen LogP contribution is -2.31. The molecule has 1 aliphatic heterocycles. The molecule has 0 radical (unpaired) electrons. The van der Waals surface area contributed by atoms with Crippen molar-refractivity contribution in [1.29, 1.82) is 0 Å². The summed E-state index contributed by atoms with van der Waals surface area (Å²) in [6, 6.07) is 0.692. The molecule has 2 aliphatic rings. The second kappa shape index (κ2) is 4.31. The molecule has 1 saturated carbocycles. The van der Waals surface area contributed by atoms with E-state index in [4.69, 9.17) is 15.5 Å². The topological polar surface area (TPSA) is 51.4 Å². The van der Waals surface area contributed by atoms with E-state index in [0.717, 1.165) is 31.3 Å². The highest BCUT2D eigenvalue weighted by molar-refractivity contribution is 7.15. The Morgan fingerprint density at radius 1 is 1.50 bits per heavy atom. The monoisotopic (exact) mass is 239 g/mol. The van der Waals surface area contributed by atoms with Gasteiger partial charge in [0.25, 0.3) is 0 Å². The van der Waals surface area contributed by atoms with Gasteiger partial charge < -0.3 is 15.4 Å². The van der Waals surface area contributed by atoms with Crippen molar-refractivity contribution >= 4 is 16.5 Å². The molecule has 1 aromatic rings. The number of hydrogen-bond donors (Lipinski definition) is 1. The molecule has 16 heavy (non-hydrogen) atoms. The zero-order valence-electron chi connectivity index (χ0n) is 9.32. The third-order valence-electron chi connectivity index (χ3n) is 3.09. The van der Waals surface area contributed by atoms with Gasteiger partial charge in [-0.25, -0.2) is 4.98 Å². The van der Waals surface area contributed by atoms with Crippen molar-refractivity contribution in [3.63, 3.8) is 0 Å². The van der Waals surface area contributed by atoms with E-state index in [1.807, 2.05) is 0 Å². The number of hydrogen-bond acceptors (Lipinski definition) is 5. The fraction of sp³-hybridized carbons (Fsp3) is 0.727. The van der Waals surface area contributed by atoms with Gasteiger partial charge in [-0.3, -0.25) is 0 Å². The second-order valence-electron chi connectivity index (χ2n) is 4.38. The van der Waals surface area contributed by atoms with Gasteiger partial charge in [0.1, 0.15) is 0 Å². The van der Waals surface area contributed by atoms with E-state index in [1.165, 1.54) is 23.4 Å². The van der Waals surface area contributed by atoms with Crippen LogP contribution in [-0.2, 0) is 17.8 Å². The number of rotatable bonds is 4. The summed E-state index contributed by atoms with van der Waals surface area (Å²) in [5.41, 5.74) is 6.91. The number of nitrogens with two attached hydrogens (primary N) is 1. The van der Waals surface area contributed by atoms with Crippen molar-refractivity contribution in [2.24, 2.45) is 5.73 Å². The molecule has 0 saturated heterocycles. The van der Waals surface area contributed by atoms with Gasteiger partial charge in [-0.05, 0) is 12.8 Å². The lowest BCUT2D eigenvalue weighted by Gasteiger charge is -2.20. The van der Waals surface area contributed by atoms with Crippen LogP contribution in [-0.4, -0.2) is 30.7 Å². The molecule has 0 spiro atoms. The van der Waals surface area contributed by atoms with Crippen molar-refractivity contribution < 1.29 is 4.74 Å². The smallest absolute Gasteiger partial charge is 0.186 e. The highest BCUT2D eigenvalue weighted by Crippen LogP contribution is 2.36. The van der Waals surface area contributed by atoms with Crippen LogP contribution in [0.25, 0.3) is 0 Å². The molecule has 1 fully saturated rings. The van der Waals surface area contributed by atoms with Gasteiger partial charge in [-0.15, -0.1) is 0 Å². The number of ether oxygens (including phenoxy) is 1. The van der Waals surface area contributed by atoms with E-state index in [0.29, 0.717) is 12.6 Å². The minimum Gasteiger partial charge on any atom is -0.375 e. The largest absolute Gasteiger partial charge is 0.375 e. The van der Waals surface area contributed by atoms with E-state index in [1.54, 1.807) is 11.3 Å². The minimum atomic E-state index is 0.692. The third-order valence-corrected chi connectivity index (χ3v) is 4.19. The maximum absolute atomic E-state index is 5.67. The Morgan fingerprint density at radius 3 is 3.06 bits per heavy atom. The van der Waals surface area contributed by atoms with Crippen LogP contribution >= 0.6 is 11.3 Å². The molecule has 0 amide bonds. The number of anilines is 1. The molecule has 2 heterocycles. The van der Waals surface area contributed by atoms with E-state index < -0.39 is 0 Å². The molecule has 1 aliphatic carbocycles. The van der Waals surface area contributed by atoms with Crippen molar-refractivity contribution in [3.05, 3.63) is 10.6 Å². The predicted octanol–water partition coefficient (Wildman–Crippen LogP) is 1.14. The van der Waals surface area contributed by atoms with Gasteiger partial charge >= 0.3 is 0 Å². The van der Waals surface area contributed by atoms with Gasteiger partial charge in [0.15, 0.2) is 5.13 Å². The molecular formula is C11H17N3OS. The van der Waals surface area contributed by atoms with Crippen molar-refractivity contribution in [2.75, 3.05) is 24.6 Å². The maximum Gasteiger partial charge on any atom is 0.186 e. The fourth-order valence-corrected chi connectivity index (χ4v) is 3.24. The summed E-state index contributed by atoms with van der Waals surface area (Å²) in [4.78, 5) is 8.43. The number of nitrogens with zero attached hydrogens (tertiary/aromatic N) is 2. The SMILES string of the molecule is NCCN(c1nc2c(s1)COCC2)C1CC1. The number of thiazole rings is 1. The molecule has 1 aromatic heterocycles. The number of aromatic nitrogens is 1. The predicted molar refractivity (Wildman–Crippen MR) is 64.9 cm³/mol. The normalized spacial score (nSPS) is 19.6. The van der Waals surface area contributed by atoms with Crippen LogP contribution in [0.5, 0.6) is 0 Å². The Balaban J connectivity index is 1.83. The van der Waals surface area contributed by atoms with Crippen molar-refractivity contribution in [3.8, 4) is 0 Å². The first-order chi connectivity index (χ1) is 7.88. The van der Waals surface area contributed by atoms with Crippen LogP contribution < -0.4 is 10.6 Å². The van der Waals surface area contributed by atoms with Gasteiger partial charge in [0, 0.05) is 25.6 Å². The van der Waals surface area contributed by atoms with Gasteiger partial charge in [0.05, 0.1) is 23.8 Å². The summed E-state index contributed by atoms with van der Waals surface area (Å²) >= 11 is 1.79. The van der Waals surface area contributed by atoms with Crippen LogP contribution in [0.2, 0.25) is 0 Å². The average Bonchev–Trinajstić information content (AvgIpc) is 3.04. The van der Waals surface area contributed by atoms with Crippen molar-refractivity contribution in [2.45, 2.75) is 31.9 Å². The quantitative estimate of drug-likeness (QED) is 0.856. The molecule has 0 bridgehead atoms. The summed E-state index contributed by atoms with van der Waals surface area (Å²) in [5.74, 6) is 0. The molecule has 5 heteroatoms. The van der Waals surface area contributed by atoms with E-state index in [2.05, 4.69) is 4.90 Å². The Morgan fingerprint density at radius 2 is 2.38 bits per heavy atom. The fourth-order valence-electron chi connectivity index (χ4n) is 2.09. The molecule has 3 rings (SSSR count). The maximum atomic E-state index is 5.67. The molecule has 0 aromatic carbocycles. The van der Waals surface area contributed by atoms with E-state index in [9.17, 15) is 0 Å². The minimum absolute atomic E-state index is 0.692. The van der Waals surface area contributed by atoms with Crippen LogP contribution in [0.15, 0.2) is 0 Å². The number of fused-ring (bicyclic) bond motifs is 1. The summed E-state index contributed by atoms with van der Waals surface area (Å²) in [6.07, 6.45) is 3.55. The summed E-state index contributed by atoms with van der Waals surface area (Å²) in [7, 11) is 0. The first-order valence-corrected chi connectivity index (χ1v) is 6.73. The Hall–Kier alpha value is -0.650. The zero-order chi connectivity index (χ0) is 11.0. The van der Waals surface area contributed by atoms with Crippen LogP contribution in [0.1, 0.15) is 23.4 Å². The van der Waals surface area contributed by atoms with Crippen molar-refractivity contribution in [1.82, 2.24) is 4.98 Å². The zero-order valence-corrected chi connectivity index (χ0v) is 10.1. The van der Waals surface area contributed by atoms with E-state index in [-0.39, 0.29) is 0 Å². The van der Waals surface area contributed by atoms with E-state index >= 15 is 0 Å². The molecule has 4 nitrogen and oxygen atoms in total. The van der Waals surface area contributed by atoms with Crippen LogP contribution in [0, 0.1) is 0 Å². The molecule has 88 valence electrons. The molecular weight excluding hydrogens is 222 g/mol. The third kappa shape index (κ3) is 1.95. The highest BCUT2D eigenvalue weighted by atomic mass is 32.1. The van der Waals surface area contributed by atoms with Gasteiger partial charge in [-0.2, -0.15) is 0 Å². The van der Waals surface area contributed by atoms with Crippen LogP contribution in [0.4, 0.5) is 5.13 Å². The summed E-state index contributed by atoms with van der Waals surface area (Å²) in [5, 5.41) is 1.16. The van der Waals surface area contributed by atoms with Gasteiger partial charge in [-0.1, -0.05) is 11.3 Å². The Bertz CT molecular complexity index is 352. The molecule has 2 N–H and O–H groups in total. The van der Waals surface area contributed by atoms with Crippen LogP contribution in [0.3, 0.4) is 0 Å². The standard InChI is InChI=1S/C11H17N3OS/c12-4-5-14(8-1-2-8)11-13-9-3-6-15-7-10(9)16-11/h8H,1-7,12H2. The summed E-state index contributed by atoms with van der Waals surface area (Å²) in [6.45, 7) is 3.19. The second-order valence-corrected chi connectivity index (χ2v) is 5.44. The molecule has 0 unspecified atom stereocenters. The first-order valence-electron chi connectivity index (χ1n) is 5.91. The lowest BCUT2D eigenvalue weighted by molar-refractivity contribution is 0.112. The highest BCUT2D eigenvalue weighted by Gasteiger charge is 2.31. The van der Waals surface area contributed by atoms with Gasteiger partial charge in [0.2, 0.25) is 0 Å². The Kier molecular flexibility index (Phi) is 2.83.